The van der Waals surface area contributed by atoms with Gasteiger partial charge in [0.15, 0.2) is 5.78 Å². The molecule has 0 radical (unpaired) electrons. The van der Waals surface area contributed by atoms with Crippen LogP contribution in [0.4, 0.5) is 13.6 Å². The number of hydrogen-bond acceptors (Lipinski definition) is 3. The molecule has 34 heavy (non-hydrogen) atoms. The fraction of sp³-hybridized carbons (Fsp3) is 0.481. The summed E-state index contributed by atoms with van der Waals surface area (Å²) < 4.78 is 32.8. The van der Waals surface area contributed by atoms with Gasteiger partial charge in [0, 0.05) is 44.4 Å². The van der Waals surface area contributed by atoms with Crippen LogP contribution in [-0.4, -0.2) is 60.5 Å². The number of amides is 2. The molecule has 2 aromatic carbocycles. The summed E-state index contributed by atoms with van der Waals surface area (Å²) in [7, 11) is 0. The largest absolute Gasteiger partial charge is 0.370 e. The van der Waals surface area contributed by atoms with Crippen LogP contribution in [0.2, 0.25) is 0 Å². The van der Waals surface area contributed by atoms with Gasteiger partial charge in [-0.15, -0.1) is 0 Å². The lowest BCUT2D eigenvalue weighted by Crippen LogP contribution is -2.54. The molecule has 3 saturated heterocycles. The minimum absolute atomic E-state index is 0.0135. The van der Waals surface area contributed by atoms with Crippen LogP contribution >= 0.6 is 0 Å². The molecule has 0 aliphatic carbocycles. The molecule has 5 rings (SSSR count). The molecule has 3 aliphatic heterocycles. The Labute approximate surface area is 198 Å². The molecule has 3 fully saturated rings. The van der Waals surface area contributed by atoms with Crippen LogP contribution in [0, 0.1) is 23.5 Å². The quantitative estimate of drug-likeness (QED) is 0.661. The molecule has 3 heterocycles. The Morgan fingerprint density at radius 1 is 0.853 bits per heavy atom. The molecule has 2 amide bonds. The van der Waals surface area contributed by atoms with E-state index in [4.69, 9.17) is 4.74 Å². The fourth-order valence-corrected chi connectivity index (χ4v) is 5.85. The van der Waals surface area contributed by atoms with Gasteiger partial charge in [-0.05, 0) is 60.6 Å². The number of carbonyl (C=O) groups excluding carboxylic acids is 2. The second-order valence-electron chi connectivity index (χ2n) is 9.77. The highest BCUT2D eigenvalue weighted by Gasteiger charge is 2.39. The monoisotopic (exact) mass is 468 g/mol. The van der Waals surface area contributed by atoms with Crippen LogP contribution in [0.3, 0.4) is 0 Å². The molecular formula is C27H30F2N2O3. The number of rotatable bonds is 3. The Kier molecular flexibility index (Phi) is 6.63. The number of fused-ring (bicyclic) bond motifs is 1. The Morgan fingerprint density at radius 2 is 1.41 bits per heavy atom. The summed E-state index contributed by atoms with van der Waals surface area (Å²) in [4.78, 5) is 28.8. The highest BCUT2D eigenvalue weighted by atomic mass is 19.1. The number of hydrogen-bond donors (Lipinski definition) is 0. The SMILES string of the molecule is O=C1CO[C@@H]2CCN(C(=O)N3CCC(C(c4ccc(F)cc4)c4ccc(F)cc4)CC3)C[C@H]2C1. The normalized spacial score (nSPS) is 23.8. The van der Waals surface area contributed by atoms with Crippen molar-refractivity contribution in [3.8, 4) is 0 Å². The van der Waals surface area contributed by atoms with Gasteiger partial charge in [0.25, 0.3) is 0 Å². The number of Topliss-reactive ketones (excluding diaryl/α,β-unsaturated/α-hetero) is 1. The van der Waals surface area contributed by atoms with Crippen molar-refractivity contribution >= 4 is 11.8 Å². The molecule has 0 aromatic heterocycles. The lowest BCUT2D eigenvalue weighted by molar-refractivity contribution is -0.140. The molecule has 180 valence electrons. The van der Waals surface area contributed by atoms with E-state index in [1.807, 2.05) is 9.80 Å². The number of nitrogens with zero attached hydrogens (tertiary/aromatic N) is 2. The van der Waals surface area contributed by atoms with Gasteiger partial charge in [-0.2, -0.15) is 0 Å². The Hall–Kier alpha value is -2.80. The van der Waals surface area contributed by atoms with Crippen LogP contribution in [0.5, 0.6) is 0 Å². The maximum atomic E-state index is 13.6. The van der Waals surface area contributed by atoms with Gasteiger partial charge in [-0.25, -0.2) is 13.6 Å². The maximum Gasteiger partial charge on any atom is 0.320 e. The Balaban J connectivity index is 1.26. The average Bonchev–Trinajstić information content (AvgIpc) is 2.86. The van der Waals surface area contributed by atoms with Crippen LogP contribution < -0.4 is 0 Å². The van der Waals surface area contributed by atoms with Gasteiger partial charge in [0.05, 0.1) is 6.10 Å². The maximum absolute atomic E-state index is 13.6. The van der Waals surface area contributed by atoms with Gasteiger partial charge in [0.2, 0.25) is 0 Å². The zero-order chi connectivity index (χ0) is 23.7. The van der Waals surface area contributed by atoms with E-state index in [2.05, 4.69) is 0 Å². The zero-order valence-corrected chi connectivity index (χ0v) is 19.2. The zero-order valence-electron chi connectivity index (χ0n) is 19.2. The molecular weight excluding hydrogens is 438 g/mol. The molecule has 5 nitrogen and oxygen atoms in total. The van der Waals surface area contributed by atoms with Crippen LogP contribution in [0.15, 0.2) is 48.5 Å². The first-order valence-electron chi connectivity index (χ1n) is 12.2. The molecule has 0 saturated carbocycles. The summed E-state index contributed by atoms with van der Waals surface area (Å²) in [6.07, 6.45) is 2.98. The third-order valence-corrected chi connectivity index (χ3v) is 7.62. The number of carbonyl (C=O) groups is 2. The summed E-state index contributed by atoms with van der Waals surface area (Å²) in [6.45, 7) is 2.71. The molecule has 0 N–H and O–H groups in total. The fourth-order valence-electron chi connectivity index (χ4n) is 5.85. The average molecular weight is 469 g/mol. The lowest BCUT2D eigenvalue weighted by atomic mass is 9.76. The number of likely N-dealkylation sites (tertiary alicyclic amines) is 2. The van der Waals surface area contributed by atoms with Gasteiger partial charge in [-0.3, -0.25) is 4.79 Å². The molecule has 0 spiro atoms. The second-order valence-corrected chi connectivity index (χ2v) is 9.77. The van der Waals surface area contributed by atoms with Gasteiger partial charge >= 0.3 is 6.03 Å². The lowest BCUT2D eigenvalue weighted by Gasteiger charge is -2.43. The van der Waals surface area contributed by atoms with Crippen molar-refractivity contribution in [1.29, 1.82) is 0 Å². The van der Waals surface area contributed by atoms with Crippen molar-refractivity contribution < 1.29 is 23.1 Å². The van der Waals surface area contributed by atoms with E-state index in [1.165, 1.54) is 24.3 Å². The summed E-state index contributed by atoms with van der Waals surface area (Å²) in [5, 5.41) is 0. The highest BCUT2D eigenvalue weighted by molar-refractivity contribution is 5.81. The van der Waals surface area contributed by atoms with E-state index in [9.17, 15) is 18.4 Å². The standard InChI is InChI=1S/C27H30F2N2O3/c28-22-5-1-18(2-6-22)26(19-3-7-23(29)8-4-19)20-9-12-30(13-10-20)27(33)31-14-11-25-21(16-31)15-24(32)17-34-25/h1-8,20-21,25-26H,9-17H2/t21-,25-/m1/s1. The molecule has 0 bridgehead atoms. The van der Waals surface area contributed by atoms with Crippen LogP contribution in [0.1, 0.15) is 42.7 Å². The van der Waals surface area contributed by atoms with Crippen molar-refractivity contribution in [1.82, 2.24) is 9.80 Å². The van der Waals surface area contributed by atoms with E-state index in [0.29, 0.717) is 32.6 Å². The van der Waals surface area contributed by atoms with Crippen molar-refractivity contribution in [2.75, 3.05) is 32.8 Å². The number of urea groups is 1. The predicted molar refractivity (Wildman–Crippen MR) is 123 cm³/mol. The number of piperidine rings is 2. The summed E-state index contributed by atoms with van der Waals surface area (Å²) in [5.74, 6) is -0.0804. The summed E-state index contributed by atoms with van der Waals surface area (Å²) in [6, 6.07) is 13.1. The van der Waals surface area contributed by atoms with E-state index >= 15 is 0 Å². The second kappa shape index (κ2) is 9.82. The first kappa shape index (κ1) is 23.0. The van der Waals surface area contributed by atoms with E-state index in [-0.39, 0.29) is 53.9 Å². The van der Waals surface area contributed by atoms with Crippen molar-refractivity contribution in [3.63, 3.8) is 0 Å². The first-order valence-corrected chi connectivity index (χ1v) is 12.2. The Bertz CT molecular complexity index is 974. The summed E-state index contributed by atoms with van der Waals surface area (Å²) in [5.41, 5.74) is 2.00. The third kappa shape index (κ3) is 4.85. The topological polar surface area (TPSA) is 49.9 Å². The predicted octanol–water partition coefficient (Wildman–Crippen LogP) is 4.61. The van der Waals surface area contributed by atoms with Crippen molar-refractivity contribution in [2.24, 2.45) is 11.8 Å². The van der Waals surface area contributed by atoms with E-state index in [0.717, 1.165) is 30.4 Å². The minimum atomic E-state index is -0.282. The van der Waals surface area contributed by atoms with E-state index < -0.39 is 0 Å². The van der Waals surface area contributed by atoms with Gasteiger partial charge < -0.3 is 14.5 Å². The molecule has 2 atom stereocenters. The molecule has 7 heteroatoms. The smallest absolute Gasteiger partial charge is 0.320 e. The highest BCUT2D eigenvalue weighted by Crippen LogP contribution is 2.38. The van der Waals surface area contributed by atoms with Crippen molar-refractivity contribution in [2.45, 2.75) is 37.7 Å². The first-order chi connectivity index (χ1) is 16.5. The number of ketones is 1. The van der Waals surface area contributed by atoms with Crippen molar-refractivity contribution in [3.05, 3.63) is 71.3 Å². The van der Waals surface area contributed by atoms with Gasteiger partial charge in [0.1, 0.15) is 18.2 Å². The number of ether oxygens (including phenoxy) is 1. The van der Waals surface area contributed by atoms with E-state index in [1.54, 1.807) is 24.3 Å². The van der Waals surface area contributed by atoms with Crippen LogP contribution in [0.25, 0.3) is 0 Å². The molecule has 0 unspecified atom stereocenters. The number of halogens is 2. The third-order valence-electron chi connectivity index (χ3n) is 7.62. The Morgan fingerprint density at radius 3 is 2.00 bits per heavy atom. The summed E-state index contributed by atoms with van der Waals surface area (Å²) >= 11 is 0. The minimum Gasteiger partial charge on any atom is -0.370 e. The molecule has 3 aliphatic rings. The van der Waals surface area contributed by atoms with Gasteiger partial charge in [-0.1, -0.05) is 24.3 Å². The number of benzene rings is 2. The molecule has 2 aromatic rings. The van der Waals surface area contributed by atoms with Crippen LogP contribution in [-0.2, 0) is 9.53 Å².